The third-order valence-corrected chi connectivity index (χ3v) is 5.77. The number of amides is 1. The summed E-state index contributed by atoms with van der Waals surface area (Å²) in [5.41, 5.74) is 1.36. The van der Waals surface area contributed by atoms with Crippen molar-refractivity contribution >= 4 is 5.91 Å². The van der Waals surface area contributed by atoms with Crippen molar-refractivity contribution in [1.29, 1.82) is 0 Å². The van der Waals surface area contributed by atoms with Crippen LogP contribution in [0.25, 0.3) is 0 Å². The Morgan fingerprint density at radius 3 is 2.58 bits per heavy atom. The second-order valence-corrected chi connectivity index (χ2v) is 7.66. The second-order valence-electron chi connectivity index (χ2n) is 7.66. The first-order chi connectivity index (χ1) is 12.7. The molecule has 144 valence electrons. The molecule has 1 unspecified atom stereocenters. The van der Waals surface area contributed by atoms with Gasteiger partial charge in [-0.3, -0.25) is 4.79 Å². The van der Waals surface area contributed by atoms with Gasteiger partial charge in [-0.1, -0.05) is 12.1 Å². The molecule has 0 saturated carbocycles. The predicted octanol–water partition coefficient (Wildman–Crippen LogP) is 2.44. The van der Waals surface area contributed by atoms with E-state index >= 15 is 0 Å². The van der Waals surface area contributed by atoms with E-state index in [1.165, 1.54) is 18.4 Å². The summed E-state index contributed by atoms with van der Waals surface area (Å²) in [7, 11) is 3.66. The van der Waals surface area contributed by atoms with Crippen LogP contribution in [0.5, 0.6) is 5.75 Å². The number of methoxy groups -OCH3 is 1. The number of piperidine rings is 1. The van der Waals surface area contributed by atoms with E-state index in [4.69, 9.17) is 9.47 Å². The average Bonchev–Trinajstić information content (AvgIpc) is 3.22. The van der Waals surface area contributed by atoms with Crippen LogP contribution in [0.1, 0.15) is 24.8 Å². The molecule has 0 radical (unpaired) electrons. The number of benzene rings is 1. The van der Waals surface area contributed by atoms with Gasteiger partial charge in [0.25, 0.3) is 0 Å². The molecule has 0 bridgehead atoms. The molecule has 5 heteroatoms. The summed E-state index contributed by atoms with van der Waals surface area (Å²) < 4.78 is 10.6. The Labute approximate surface area is 157 Å². The van der Waals surface area contributed by atoms with E-state index in [9.17, 15) is 4.79 Å². The first-order valence-corrected chi connectivity index (χ1v) is 9.83. The largest absolute Gasteiger partial charge is 0.497 e. The molecule has 2 aliphatic rings. The highest BCUT2D eigenvalue weighted by atomic mass is 16.5. The molecule has 2 aliphatic heterocycles. The molecular formula is C21H32N2O3. The summed E-state index contributed by atoms with van der Waals surface area (Å²) in [5.74, 6) is 1.90. The Hall–Kier alpha value is -1.59. The molecule has 0 aromatic heterocycles. The fourth-order valence-corrected chi connectivity index (χ4v) is 3.99. The maximum atomic E-state index is 12.4. The molecule has 1 aromatic carbocycles. The van der Waals surface area contributed by atoms with Crippen LogP contribution in [0.3, 0.4) is 0 Å². The monoisotopic (exact) mass is 360 g/mol. The van der Waals surface area contributed by atoms with Crippen molar-refractivity contribution in [3.63, 3.8) is 0 Å². The Morgan fingerprint density at radius 1 is 1.23 bits per heavy atom. The summed E-state index contributed by atoms with van der Waals surface area (Å²) in [4.78, 5) is 16.9. The quantitative estimate of drug-likeness (QED) is 0.749. The van der Waals surface area contributed by atoms with E-state index in [2.05, 4.69) is 17.0 Å². The predicted molar refractivity (Wildman–Crippen MR) is 102 cm³/mol. The number of hydrogen-bond acceptors (Lipinski definition) is 4. The molecule has 1 amide bonds. The summed E-state index contributed by atoms with van der Waals surface area (Å²) >= 11 is 0. The van der Waals surface area contributed by atoms with Gasteiger partial charge in [0.15, 0.2) is 0 Å². The van der Waals surface area contributed by atoms with Gasteiger partial charge in [-0.25, -0.2) is 0 Å². The van der Waals surface area contributed by atoms with Gasteiger partial charge in [0.2, 0.25) is 5.91 Å². The molecule has 5 nitrogen and oxygen atoms in total. The highest BCUT2D eigenvalue weighted by Gasteiger charge is 2.28. The minimum atomic E-state index is 0.0876. The summed E-state index contributed by atoms with van der Waals surface area (Å²) in [6.45, 7) is 5.60. The van der Waals surface area contributed by atoms with Gasteiger partial charge in [0.1, 0.15) is 5.75 Å². The number of ether oxygens (including phenoxy) is 2. The van der Waals surface area contributed by atoms with Crippen molar-refractivity contribution < 1.29 is 14.3 Å². The SMILES string of the molecule is COc1ccc(CCN2CCC(CN(C)C(=O)C3CCOC3)CC2)cc1. The maximum absolute atomic E-state index is 12.4. The van der Waals surface area contributed by atoms with Crippen molar-refractivity contribution in [3.05, 3.63) is 29.8 Å². The Morgan fingerprint density at radius 2 is 1.96 bits per heavy atom. The third-order valence-electron chi connectivity index (χ3n) is 5.77. The Bertz CT molecular complexity index is 561. The Balaban J connectivity index is 1.36. The van der Waals surface area contributed by atoms with Crippen LogP contribution in [0.4, 0.5) is 0 Å². The topological polar surface area (TPSA) is 42.0 Å². The fraction of sp³-hybridized carbons (Fsp3) is 0.667. The van der Waals surface area contributed by atoms with E-state index in [-0.39, 0.29) is 11.8 Å². The molecule has 2 fully saturated rings. The molecular weight excluding hydrogens is 328 g/mol. The fourth-order valence-electron chi connectivity index (χ4n) is 3.99. The van der Waals surface area contributed by atoms with Crippen LogP contribution in [0.2, 0.25) is 0 Å². The molecule has 0 aliphatic carbocycles. The van der Waals surface area contributed by atoms with Gasteiger partial charge in [0, 0.05) is 26.7 Å². The van der Waals surface area contributed by atoms with Crippen LogP contribution in [0.15, 0.2) is 24.3 Å². The van der Waals surface area contributed by atoms with Gasteiger partial charge in [-0.2, -0.15) is 0 Å². The minimum absolute atomic E-state index is 0.0876. The van der Waals surface area contributed by atoms with E-state index in [0.29, 0.717) is 12.5 Å². The van der Waals surface area contributed by atoms with E-state index in [0.717, 1.165) is 51.4 Å². The highest BCUT2D eigenvalue weighted by Crippen LogP contribution is 2.21. The lowest BCUT2D eigenvalue weighted by molar-refractivity contribution is -0.134. The van der Waals surface area contributed by atoms with E-state index < -0.39 is 0 Å². The Kier molecular flexibility index (Phi) is 6.92. The van der Waals surface area contributed by atoms with Crippen molar-refractivity contribution in [1.82, 2.24) is 9.80 Å². The molecule has 0 N–H and O–H groups in total. The number of likely N-dealkylation sites (tertiary alicyclic amines) is 1. The molecule has 1 atom stereocenters. The lowest BCUT2D eigenvalue weighted by Crippen LogP contribution is -2.41. The van der Waals surface area contributed by atoms with Crippen molar-refractivity contribution in [3.8, 4) is 5.75 Å². The summed E-state index contributed by atoms with van der Waals surface area (Å²) in [5, 5.41) is 0. The summed E-state index contributed by atoms with van der Waals surface area (Å²) in [6.07, 6.45) is 4.32. The molecule has 2 saturated heterocycles. The van der Waals surface area contributed by atoms with Gasteiger partial charge in [-0.15, -0.1) is 0 Å². The first kappa shape index (κ1) is 19.2. The summed E-state index contributed by atoms with van der Waals surface area (Å²) in [6, 6.07) is 8.37. The number of carbonyl (C=O) groups is 1. The van der Waals surface area contributed by atoms with Gasteiger partial charge >= 0.3 is 0 Å². The molecule has 0 spiro atoms. The van der Waals surface area contributed by atoms with Crippen LogP contribution in [-0.4, -0.2) is 69.3 Å². The van der Waals surface area contributed by atoms with Crippen molar-refractivity contribution in [2.75, 3.05) is 53.6 Å². The normalized spacial score (nSPS) is 21.7. The van der Waals surface area contributed by atoms with E-state index in [1.54, 1.807) is 7.11 Å². The highest BCUT2D eigenvalue weighted by molar-refractivity contribution is 5.78. The molecule has 2 heterocycles. The number of nitrogens with zero attached hydrogens (tertiary/aromatic N) is 2. The van der Waals surface area contributed by atoms with Crippen LogP contribution >= 0.6 is 0 Å². The maximum Gasteiger partial charge on any atom is 0.227 e. The van der Waals surface area contributed by atoms with Crippen LogP contribution < -0.4 is 4.74 Å². The average molecular weight is 360 g/mol. The standard InChI is InChI=1S/C21H32N2O3/c1-22(21(24)19-10-14-26-16-19)15-18-8-12-23(13-9-18)11-7-17-3-5-20(25-2)6-4-17/h3-6,18-19H,7-16H2,1-2H3. The van der Waals surface area contributed by atoms with E-state index in [1.807, 2.05) is 24.1 Å². The second kappa shape index (κ2) is 9.38. The van der Waals surface area contributed by atoms with Crippen molar-refractivity contribution in [2.45, 2.75) is 25.7 Å². The molecule has 3 rings (SSSR count). The first-order valence-electron chi connectivity index (χ1n) is 9.83. The third kappa shape index (κ3) is 5.21. The molecule has 1 aromatic rings. The number of hydrogen-bond donors (Lipinski definition) is 0. The van der Waals surface area contributed by atoms with Crippen LogP contribution in [0, 0.1) is 11.8 Å². The van der Waals surface area contributed by atoms with Crippen LogP contribution in [-0.2, 0) is 16.0 Å². The number of rotatable bonds is 7. The lowest BCUT2D eigenvalue weighted by Gasteiger charge is -2.34. The van der Waals surface area contributed by atoms with Gasteiger partial charge in [0.05, 0.1) is 19.6 Å². The zero-order valence-corrected chi connectivity index (χ0v) is 16.2. The van der Waals surface area contributed by atoms with Gasteiger partial charge < -0.3 is 19.3 Å². The van der Waals surface area contributed by atoms with Gasteiger partial charge in [-0.05, 0) is 62.4 Å². The molecule has 26 heavy (non-hydrogen) atoms. The smallest absolute Gasteiger partial charge is 0.227 e. The van der Waals surface area contributed by atoms with Crippen molar-refractivity contribution in [2.24, 2.45) is 11.8 Å². The zero-order valence-electron chi connectivity index (χ0n) is 16.2. The number of carbonyl (C=O) groups excluding carboxylic acids is 1. The zero-order chi connectivity index (χ0) is 18.4. The minimum Gasteiger partial charge on any atom is -0.497 e. The lowest BCUT2D eigenvalue weighted by atomic mass is 9.95.